The molecule has 2 rings (SSSR count). The van der Waals surface area contributed by atoms with Gasteiger partial charge < -0.3 is 15.1 Å². The molecular formula is C10H15ClN4O2. The van der Waals surface area contributed by atoms with E-state index in [4.69, 9.17) is 21.8 Å². The topological polar surface area (TPSA) is 85.3 Å². The Hall–Kier alpha value is -1.30. The minimum atomic E-state index is -0.346. The first-order valence-corrected chi connectivity index (χ1v) is 6.20. The zero-order valence-electron chi connectivity index (χ0n) is 9.43. The van der Waals surface area contributed by atoms with E-state index in [0.717, 1.165) is 25.8 Å². The molecule has 1 aliphatic heterocycles. The minimum Gasteiger partial charge on any atom is -0.408 e. The number of hydrogen-bond acceptors (Lipinski definition) is 5. The average molecular weight is 259 g/mol. The molecule has 0 radical (unpaired) electrons. The normalized spacial score (nSPS) is 20.5. The highest BCUT2D eigenvalue weighted by molar-refractivity contribution is 6.17. The molecule has 1 saturated heterocycles. The van der Waals surface area contributed by atoms with Gasteiger partial charge in [-0.3, -0.25) is 4.79 Å². The van der Waals surface area contributed by atoms with Crippen LogP contribution in [0.5, 0.6) is 0 Å². The lowest BCUT2D eigenvalue weighted by Crippen LogP contribution is -2.48. The molecule has 0 saturated carbocycles. The van der Waals surface area contributed by atoms with Crippen molar-refractivity contribution in [1.82, 2.24) is 10.2 Å². The summed E-state index contributed by atoms with van der Waals surface area (Å²) in [5, 5.41) is 7.81. The van der Waals surface area contributed by atoms with Gasteiger partial charge in [0.25, 0.3) is 0 Å². The fourth-order valence-electron chi connectivity index (χ4n) is 2.00. The quantitative estimate of drug-likeness (QED) is 0.804. The molecule has 6 nitrogen and oxygen atoms in total. The highest BCUT2D eigenvalue weighted by atomic mass is 35.5. The van der Waals surface area contributed by atoms with Crippen molar-refractivity contribution in [3.63, 3.8) is 0 Å². The van der Waals surface area contributed by atoms with Crippen LogP contribution in [0.25, 0.3) is 0 Å². The molecule has 2 heterocycles. The molecule has 1 atom stereocenters. The van der Waals surface area contributed by atoms with E-state index in [-0.39, 0.29) is 11.9 Å². The van der Waals surface area contributed by atoms with Gasteiger partial charge in [-0.05, 0) is 19.3 Å². The van der Waals surface area contributed by atoms with Crippen LogP contribution < -0.4 is 10.6 Å². The number of carbonyl (C=O) groups excluding carboxylic acids is 1. The molecule has 1 aromatic rings. The highest BCUT2D eigenvalue weighted by Gasteiger charge is 2.30. The smallest absolute Gasteiger partial charge is 0.318 e. The van der Waals surface area contributed by atoms with Crippen LogP contribution in [0.1, 0.15) is 25.2 Å². The molecule has 1 unspecified atom stereocenters. The lowest BCUT2D eigenvalue weighted by Gasteiger charge is -2.31. The van der Waals surface area contributed by atoms with Gasteiger partial charge in [-0.25, -0.2) is 0 Å². The van der Waals surface area contributed by atoms with E-state index in [2.05, 4.69) is 10.2 Å². The Morgan fingerprint density at radius 2 is 2.35 bits per heavy atom. The summed E-state index contributed by atoms with van der Waals surface area (Å²) in [4.78, 5) is 13.1. The number of rotatable bonds is 4. The predicted molar refractivity (Wildman–Crippen MR) is 62.9 cm³/mol. The zero-order valence-corrected chi connectivity index (χ0v) is 10.2. The number of amides is 1. The second-order valence-electron chi connectivity index (χ2n) is 4.02. The maximum atomic E-state index is 11.3. The monoisotopic (exact) mass is 258 g/mol. The summed E-state index contributed by atoms with van der Waals surface area (Å²) in [6.07, 6.45) is 3.26. The van der Waals surface area contributed by atoms with Gasteiger partial charge in [-0.15, -0.1) is 16.7 Å². The van der Waals surface area contributed by atoms with Crippen molar-refractivity contribution in [2.24, 2.45) is 5.73 Å². The van der Waals surface area contributed by atoms with Crippen molar-refractivity contribution in [3.05, 3.63) is 5.89 Å². The Bertz CT molecular complexity index is 395. The van der Waals surface area contributed by atoms with Crippen LogP contribution in [-0.4, -0.2) is 34.6 Å². The van der Waals surface area contributed by atoms with Crippen molar-refractivity contribution in [1.29, 1.82) is 0 Å². The first-order valence-electron chi connectivity index (χ1n) is 5.66. The van der Waals surface area contributed by atoms with Crippen LogP contribution in [-0.2, 0) is 11.2 Å². The van der Waals surface area contributed by atoms with Crippen LogP contribution in [0.3, 0.4) is 0 Å². The van der Waals surface area contributed by atoms with Crippen LogP contribution in [0.2, 0.25) is 0 Å². The lowest BCUT2D eigenvalue weighted by molar-refractivity contribution is -0.119. The van der Waals surface area contributed by atoms with Crippen molar-refractivity contribution in [2.75, 3.05) is 17.3 Å². The number of alkyl halides is 1. The van der Waals surface area contributed by atoms with E-state index >= 15 is 0 Å². The standard InChI is InChI=1S/C10H15ClN4O2/c11-5-4-8-13-14-10(17-8)15-6-2-1-3-7(15)9(12)16/h7H,1-6H2,(H2,12,16). The van der Waals surface area contributed by atoms with Crippen LogP contribution in [0.4, 0.5) is 6.01 Å². The molecule has 1 fully saturated rings. The van der Waals surface area contributed by atoms with Gasteiger partial charge in [0.05, 0.1) is 0 Å². The lowest BCUT2D eigenvalue weighted by atomic mass is 10.0. The summed E-state index contributed by atoms with van der Waals surface area (Å²) < 4.78 is 5.46. The molecule has 1 aromatic heterocycles. The molecule has 94 valence electrons. The predicted octanol–water partition coefficient (Wildman–Crippen LogP) is 0.695. The molecule has 1 amide bonds. The summed E-state index contributed by atoms with van der Waals surface area (Å²) in [5.74, 6) is 0.575. The average Bonchev–Trinajstić information content (AvgIpc) is 2.78. The van der Waals surface area contributed by atoms with Gasteiger partial charge in [-0.1, -0.05) is 5.10 Å². The van der Waals surface area contributed by atoms with Crippen molar-refractivity contribution in [3.8, 4) is 0 Å². The van der Waals surface area contributed by atoms with Gasteiger partial charge in [0, 0.05) is 18.8 Å². The van der Waals surface area contributed by atoms with Gasteiger partial charge in [0.1, 0.15) is 6.04 Å². The Balaban J connectivity index is 2.14. The third-order valence-electron chi connectivity index (χ3n) is 2.84. The Morgan fingerprint density at radius 3 is 3.06 bits per heavy atom. The van der Waals surface area contributed by atoms with E-state index in [0.29, 0.717) is 24.2 Å². The second kappa shape index (κ2) is 5.35. The first-order chi connectivity index (χ1) is 8.22. The Morgan fingerprint density at radius 1 is 1.53 bits per heavy atom. The van der Waals surface area contributed by atoms with E-state index in [1.54, 1.807) is 4.90 Å². The SMILES string of the molecule is NC(=O)C1CCCCN1c1nnc(CCCl)o1. The molecule has 2 N–H and O–H groups in total. The molecule has 7 heteroatoms. The summed E-state index contributed by atoms with van der Waals surface area (Å²) in [6.45, 7) is 0.718. The van der Waals surface area contributed by atoms with Crippen molar-refractivity contribution in [2.45, 2.75) is 31.7 Å². The fourth-order valence-corrected chi connectivity index (χ4v) is 2.16. The minimum absolute atomic E-state index is 0.340. The molecule has 0 bridgehead atoms. The Kier molecular flexibility index (Phi) is 3.83. The van der Waals surface area contributed by atoms with E-state index in [1.165, 1.54) is 0 Å². The molecule has 0 aliphatic carbocycles. The molecule has 0 aromatic carbocycles. The number of anilines is 1. The number of halogens is 1. The summed E-state index contributed by atoms with van der Waals surface area (Å²) in [7, 11) is 0. The molecule has 17 heavy (non-hydrogen) atoms. The first kappa shape index (κ1) is 12.2. The third-order valence-corrected chi connectivity index (χ3v) is 3.03. The number of aryl methyl sites for hydroxylation is 1. The number of aromatic nitrogens is 2. The summed E-state index contributed by atoms with van der Waals surface area (Å²) >= 11 is 5.59. The summed E-state index contributed by atoms with van der Waals surface area (Å²) in [5.41, 5.74) is 5.37. The molecular weight excluding hydrogens is 244 g/mol. The Labute approximate surface area is 104 Å². The summed E-state index contributed by atoms with van der Waals surface area (Å²) in [6, 6.07) is 0.0293. The highest BCUT2D eigenvalue weighted by Crippen LogP contribution is 2.23. The maximum Gasteiger partial charge on any atom is 0.318 e. The van der Waals surface area contributed by atoms with Gasteiger partial charge in [-0.2, -0.15) is 0 Å². The fraction of sp³-hybridized carbons (Fsp3) is 0.700. The maximum absolute atomic E-state index is 11.3. The number of nitrogens with two attached hydrogens (primary N) is 1. The van der Waals surface area contributed by atoms with Crippen molar-refractivity contribution >= 4 is 23.5 Å². The molecule has 0 spiro atoms. The number of primary amides is 1. The van der Waals surface area contributed by atoms with E-state index in [9.17, 15) is 4.79 Å². The van der Waals surface area contributed by atoms with E-state index < -0.39 is 0 Å². The van der Waals surface area contributed by atoms with Gasteiger partial charge >= 0.3 is 6.01 Å². The second-order valence-corrected chi connectivity index (χ2v) is 4.40. The zero-order chi connectivity index (χ0) is 12.3. The number of hydrogen-bond donors (Lipinski definition) is 1. The van der Waals surface area contributed by atoms with Gasteiger partial charge in [0.2, 0.25) is 11.8 Å². The van der Waals surface area contributed by atoms with Crippen LogP contribution in [0, 0.1) is 0 Å². The third kappa shape index (κ3) is 2.69. The number of nitrogens with zero attached hydrogens (tertiary/aromatic N) is 3. The van der Waals surface area contributed by atoms with Crippen LogP contribution in [0.15, 0.2) is 4.42 Å². The number of piperidine rings is 1. The molecule has 1 aliphatic rings. The largest absolute Gasteiger partial charge is 0.408 e. The number of carbonyl (C=O) groups is 1. The van der Waals surface area contributed by atoms with E-state index in [1.807, 2.05) is 0 Å². The van der Waals surface area contributed by atoms with Crippen molar-refractivity contribution < 1.29 is 9.21 Å². The van der Waals surface area contributed by atoms with Gasteiger partial charge in [0.15, 0.2) is 0 Å². The van der Waals surface area contributed by atoms with Crippen LogP contribution >= 0.6 is 11.6 Å².